The van der Waals surface area contributed by atoms with E-state index < -0.39 is 6.08 Å². The molecule has 0 aromatic heterocycles. The molecule has 0 aliphatic carbocycles. The summed E-state index contributed by atoms with van der Waals surface area (Å²) in [6.07, 6.45) is -1.68. The average Bonchev–Trinajstić information content (AvgIpc) is 2.76. The Morgan fingerprint density at radius 1 is 0.533 bits per heavy atom. The molecule has 0 saturated heterocycles. The molecule has 0 spiro atoms. The SMILES string of the molecule is Cc1ccc(-c2ccc(C)cc2C(=C(F)F)c2ccccc2-c2ccccc2)cc1. The van der Waals surface area contributed by atoms with Crippen LogP contribution in [-0.4, -0.2) is 0 Å². The van der Waals surface area contributed by atoms with Crippen molar-refractivity contribution in [2.75, 3.05) is 0 Å². The van der Waals surface area contributed by atoms with Crippen molar-refractivity contribution in [1.29, 1.82) is 0 Å². The van der Waals surface area contributed by atoms with Crippen LogP contribution >= 0.6 is 0 Å². The molecule has 0 N–H and O–H groups in total. The smallest absolute Gasteiger partial charge is 0.173 e. The van der Waals surface area contributed by atoms with Gasteiger partial charge in [-0.05, 0) is 47.2 Å². The van der Waals surface area contributed by atoms with Gasteiger partial charge >= 0.3 is 0 Å². The lowest BCUT2D eigenvalue weighted by molar-refractivity contribution is 0.426. The van der Waals surface area contributed by atoms with Crippen molar-refractivity contribution in [3.05, 3.63) is 125 Å². The topological polar surface area (TPSA) is 0 Å². The minimum absolute atomic E-state index is 0.0197. The number of hydrogen-bond acceptors (Lipinski definition) is 0. The lowest BCUT2D eigenvalue weighted by atomic mass is 9.86. The van der Waals surface area contributed by atoms with Gasteiger partial charge in [0.1, 0.15) is 0 Å². The fraction of sp³-hybridized carbons (Fsp3) is 0.0714. The van der Waals surface area contributed by atoms with Gasteiger partial charge in [0, 0.05) is 0 Å². The Hall–Kier alpha value is -3.52. The van der Waals surface area contributed by atoms with Crippen molar-refractivity contribution in [2.24, 2.45) is 0 Å². The average molecular weight is 396 g/mol. The zero-order valence-electron chi connectivity index (χ0n) is 17.0. The maximum Gasteiger partial charge on any atom is 0.278 e. The minimum atomic E-state index is -1.68. The van der Waals surface area contributed by atoms with Gasteiger partial charge in [-0.25, -0.2) is 0 Å². The highest BCUT2D eigenvalue weighted by Gasteiger charge is 2.20. The van der Waals surface area contributed by atoms with Crippen LogP contribution in [0.1, 0.15) is 22.3 Å². The van der Waals surface area contributed by atoms with Gasteiger partial charge in [0.2, 0.25) is 0 Å². The maximum absolute atomic E-state index is 14.5. The standard InChI is InChI=1S/C28H22F2/c1-19-12-15-22(16-13-19)24-17-14-20(2)18-26(24)27(28(29)30)25-11-7-6-10-23(25)21-8-4-3-5-9-21/h3-18H,1-2H3. The van der Waals surface area contributed by atoms with E-state index in [0.717, 1.165) is 33.4 Å². The molecule has 0 aliphatic heterocycles. The second kappa shape index (κ2) is 8.46. The summed E-state index contributed by atoms with van der Waals surface area (Å²) < 4.78 is 29.1. The van der Waals surface area contributed by atoms with E-state index in [1.165, 1.54) is 0 Å². The largest absolute Gasteiger partial charge is 0.278 e. The van der Waals surface area contributed by atoms with E-state index in [-0.39, 0.29) is 5.57 Å². The summed E-state index contributed by atoms with van der Waals surface area (Å²) in [4.78, 5) is 0. The predicted octanol–water partition coefficient (Wildman–Crippen LogP) is 8.29. The Kier molecular flexibility index (Phi) is 5.58. The molecule has 4 aromatic rings. The van der Waals surface area contributed by atoms with Crippen LogP contribution in [0.4, 0.5) is 8.78 Å². The molecule has 0 atom stereocenters. The van der Waals surface area contributed by atoms with Crippen molar-refractivity contribution >= 4 is 5.57 Å². The minimum Gasteiger partial charge on any atom is -0.173 e. The number of rotatable bonds is 4. The first kappa shape index (κ1) is 19.8. The van der Waals surface area contributed by atoms with Gasteiger partial charge < -0.3 is 0 Å². The molecule has 0 heterocycles. The Labute approximate surface area is 176 Å². The van der Waals surface area contributed by atoms with Crippen LogP contribution in [0.5, 0.6) is 0 Å². The monoisotopic (exact) mass is 396 g/mol. The molecule has 148 valence electrons. The first-order valence-corrected chi connectivity index (χ1v) is 9.93. The van der Waals surface area contributed by atoms with Crippen LogP contribution in [0.3, 0.4) is 0 Å². The molecule has 0 saturated carbocycles. The van der Waals surface area contributed by atoms with Crippen LogP contribution in [0.25, 0.3) is 27.8 Å². The molecule has 0 nitrogen and oxygen atoms in total. The Morgan fingerprint density at radius 3 is 1.80 bits per heavy atom. The number of benzene rings is 4. The van der Waals surface area contributed by atoms with E-state index in [0.29, 0.717) is 11.1 Å². The summed E-state index contributed by atoms with van der Waals surface area (Å²) in [6, 6.07) is 30.8. The van der Waals surface area contributed by atoms with Crippen molar-refractivity contribution in [1.82, 2.24) is 0 Å². The molecule has 4 aromatic carbocycles. The van der Waals surface area contributed by atoms with Gasteiger partial charge in [0.05, 0.1) is 5.57 Å². The Balaban J connectivity index is 1.97. The van der Waals surface area contributed by atoms with Crippen LogP contribution in [0.15, 0.2) is 103 Å². The van der Waals surface area contributed by atoms with Crippen molar-refractivity contribution in [3.8, 4) is 22.3 Å². The summed E-state index contributed by atoms with van der Waals surface area (Å²) in [5, 5.41) is 0. The Bertz CT molecular complexity index is 1200. The van der Waals surface area contributed by atoms with Gasteiger partial charge in [-0.15, -0.1) is 0 Å². The summed E-state index contributed by atoms with van der Waals surface area (Å²) in [7, 11) is 0. The molecule has 0 unspecified atom stereocenters. The molecule has 30 heavy (non-hydrogen) atoms. The highest BCUT2D eigenvalue weighted by molar-refractivity contribution is 5.94. The summed E-state index contributed by atoms with van der Waals surface area (Å²) in [5.41, 5.74) is 6.55. The van der Waals surface area contributed by atoms with E-state index in [9.17, 15) is 8.78 Å². The third-order valence-corrected chi connectivity index (χ3v) is 5.28. The molecule has 0 amide bonds. The molecular formula is C28H22F2. The third-order valence-electron chi connectivity index (χ3n) is 5.28. The van der Waals surface area contributed by atoms with E-state index in [4.69, 9.17) is 0 Å². The number of halogens is 2. The Morgan fingerprint density at radius 2 is 1.10 bits per heavy atom. The second-order valence-corrected chi connectivity index (χ2v) is 7.46. The fourth-order valence-corrected chi connectivity index (χ4v) is 3.77. The van der Waals surface area contributed by atoms with E-state index in [1.54, 1.807) is 6.07 Å². The van der Waals surface area contributed by atoms with Crippen LogP contribution < -0.4 is 0 Å². The normalized spacial score (nSPS) is 10.7. The van der Waals surface area contributed by atoms with Crippen LogP contribution in [-0.2, 0) is 0 Å². The zero-order chi connectivity index (χ0) is 21.1. The predicted molar refractivity (Wildman–Crippen MR) is 121 cm³/mol. The zero-order valence-corrected chi connectivity index (χ0v) is 17.0. The third kappa shape index (κ3) is 3.95. The van der Waals surface area contributed by atoms with Crippen molar-refractivity contribution in [2.45, 2.75) is 13.8 Å². The summed E-state index contributed by atoms with van der Waals surface area (Å²) in [5.74, 6) is 0. The highest BCUT2D eigenvalue weighted by atomic mass is 19.3. The molecule has 0 fully saturated rings. The molecule has 2 heteroatoms. The number of hydrogen-bond donors (Lipinski definition) is 0. The van der Waals surface area contributed by atoms with Crippen LogP contribution in [0, 0.1) is 13.8 Å². The highest BCUT2D eigenvalue weighted by Crippen LogP contribution is 2.40. The molecule has 4 rings (SSSR count). The van der Waals surface area contributed by atoms with Crippen molar-refractivity contribution < 1.29 is 8.78 Å². The van der Waals surface area contributed by atoms with E-state index in [2.05, 4.69) is 0 Å². The summed E-state index contributed by atoms with van der Waals surface area (Å²) in [6.45, 7) is 3.95. The van der Waals surface area contributed by atoms with Gasteiger partial charge in [-0.1, -0.05) is 108 Å². The fourth-order valence-electron chi connectivity index (χ4n) is 3.77. The first-order chi connectivity index (χ1) is 14.5. The summed E-state index contributed by atoms with van der Waals surface area (Å²) >= 11 is 0. The maximum atomic E-state index is 14.5. The number of aryl methyl sites for hydroxylation is 2. The molecule has 0 radical (unpaired) electrons. The van der Waals surface area contributed by atoms with E-state index >= 15 is 0 Å². The van der Waals surface area contributed by atoms with Gasteiger partial charge in [0.25, 0.3) is 6.08 Å². The molecule has 0 bridgehead atoms. The lowest BCUT2D eigenvalue weighted by Crippen LogP contribution is -1.97. The second-order valence-electron chi connectivity index (χ2n) is 7.46. The van der Waals surface area contributed by atoms with Crippen LogP contribution in [0.2, 0.25) is 0 Å². The molecular weight excluding hydrogens is 374 g/mol. The lowest BCUT2D eigenvalue weighted by Gasteiger charge is -2.17. The molecule has 0 aliphatic rings. The van der Waals surface area contributed by atoms with Crippen molar-refractivity contribution in [3.63, 3.8) is 0 Å². The first-order valence-electron chi connectivity index (χ1n) is 9.93. The van der Waals surface area contributed by atoms with Gasteiger partial charge in [0.15, 0.2) is 0 Å². The van der Waals surface area contributed by atoms with Gasteiger partial charge in [-0.3, -0.25) is 0 Å². The quantitative estimate of drug-likeness (QED) is 0.325. The van der Waals surface area contributed by atoms with Gasteiger partial charge in [-0.2, -0.15) is 8.78 Å². The van der Waals surface area contributed by atoms with E-state index in [1.807, 2.05) is 105 Å².